The van der Waals surface area contributed by atoms with Crippen molar-refractivity contribution in [2.24, 2.45) is 5.92 Å². The van der Waals surface area contributed by atoms with Gasteiger partial charge in [0.05, 0.1) is 17.0 Å². The highest BCUT2D eigenvalue weighted by atomic mass is 16.2. The highest BCUT2D eigenvalue weighted by molar-refractivity contribution is 6.02. The molecule has 1 aliphatic rings. The van der Waals surface area contributed by atoms with Crippen LogP contribution >= 0.6 is 0 Å². The molecule has 0 radical (unpaired) electrons. The fraction of sp³-hybridized carbons (Fsp3) is 0.318. The van der Waals surface area contributed by atoms with E-state index in [4.69, 9.17) is 0 Å². The topological polar surface area (TPSA) is 55.2 Å². The second kappa shape index (κ2) is 6.65. The summed E-state index contributed by atoms with van der Waals surface area (Å²) in [6.45, 7) is 6.57. The van der Waals surface area contributed by atoms with Crippen molar-refractivity contribution in [1.82, 2.24) is 9.55 Å². The summed E-state index contributed by atoms with van der Waals surface area (Å²) < 4.78 is 1.60. The minimum Gasteiger partial charge on any atom is -0.312 e. The lowest BCUT2D eigenvalue weighted by Gasteiger charge is -2.17. The average molecular weight is 361 g/mol. The van der Waals surface area contributed by atoms with Gasteiger partial charge in [-0.3, -0.25) is 14.2 Å². The molecule has 3 aromatic rings. The van der Waals surface area contributed by atoms with E-state index in [-0.39, 0.29) is 24.2 Å². The first kappa shape index (κ1) is 17.5. The number of carbonyl (C=O) groups excluding carboxylic acids is 2. The lowest BCUT2D eigenvalue weighted by atomic mass is 10.1. The first-order valence-corrected chi connectivity index (χ1v) is 9.35. The van der Waals surface area contributed by atoms with Gasteiger partial charge in [-0.25, -0.2) is 4.98 Å². The Kier molecular flexibility index (Phi) is 4.30. The number of imidazole rings is 1. The van der Waals surface area contributed by atoms with Crippen molar-refractivity contribution in [3.05, 3.63) is 59.4 Å². The van der Waals surface area contributed by atoms with Crippen molar-refractivity contribution in [2.45, 2.75) is 33.6 Å². The molecule has 0 saturated carbocycles. The SMILES string of the molecule is CCc1ccc(N2C[C@@H](C(=O)n3cnc4cc(C)c(C)cc43)CC2=O)cc1. The van der Waals surface area contributed by atoms with E-state index in [1.54, 1.807) is 15.8 Å². The van der Waals surface area contributed by atoms with Crippen LogP contribution in [0.2, 0.25) is 0 Å². The first-order valence-electron chi connectivity index (χ1n) is 9.35. The zero-order chi connectivity index (χ0) is 19.1. The van der Waals surface area contributed by atoms with E-state index in [1.807, 2.05) is 50.2 Å². The van der Waals surface area contributed by atoms with Gasteiger partial charge in [-0.1, -0.05) is 19.1 Å². The predicted molar refractivity (Wildman–Crippen MR) is 106 cm³/mol. The number of anilines is 1. The molecule has 1 saturated heterocycles. The number of amides is 1. The molecule has 138 valence electrons. The van der Waals surface area contributed by atoms with E-state index < -0.39 is 0 Å². The van der Waals surface area contributed by atoms with E-state index in [1.165, 1.54) is 5.56 Å². The molecule has 1 amide bonds. The Morgan fingerprint density at radius 2 is 1.85 bits per heavy atom. The molecule has 2 heterocycles. The number of aryl methyl sites for hydroxylation is 3. The van der Waals surface area contributed by atoms with Gasteiger partial charge < -0.3 is 4.90 Å². The van der Waals surface area contributed by atoms with Crippen LogP contribution in [-0.2, 0) is 11.2 Å². The largest absolute Gasteiger partial charge is 0.312 e. The summed E-state index contributed by atoms with van der Waals surface area (Å²) in [6, 6.07) is 12.0. The van der Waals surface area contributed by atoms with E-state index in [0.29, 0.717) is 6.54 Å². The summed E-state index contributed by atoms with van der Waals surface area (Å²) >= 11 is 0. The number of aromatic nitrogens is 2. The molecule has 5 heteroatoms. The quantitative estimate of drug-likeness (QED) is 0.711. The molecule has 1 atom stereocenters. The number of benzene rings is 2. The molecule has 0 unspecified atom stereocenters. The van der Waals surface area contributed by atoms with Gasteiger partial charge in [0.1, 0.15) is 6.33 Å². The predicted octanol–water partition coefficient (Wildman–Crippen LogP) is 3.91. The molecule has 1 fully saturated rings. The second-order valence-corrected chi connectivity index (χ2v) is 7.30. The van der Waals surface area contributed by atoms with Gasteiger partial charge in [0, 0.05) is 18.7 Å². The maximum Gasteiger partial charge on any atom is 0.237 e. The summed E-state index contributed by atoms with van der Waals surface area (Å²) in [5.74, 6) is -0.432. The van der Waals surface area contributed by atoms with Crippen LogP contribution in [0.15, 0.2) is 42.7 Å². The van der Waals surface area contributed by atoms with Crippen LogP contribution in [0.25, 0.3) is 11.0 Å². The van der Waals surface area contributed by atoms with E-state index in [0.717, 1.165) is 34.3 Å². The fourth-order valence-corrected chi connectivity index (χ4v) is 3.67. The summed E-state index contributed by atoms with van der Waals surface area (Å²) in [7, 11) is 0. The van der Waals surface area contributed by atoms with Crippen LogP contribution in [0.4, 0.5) is 5.69 Å². The average Bonchev–Trinajstić information content (AvgIpc) is 3.25. The maximum atomic E-state index is 13.1. The number of hydrogen-bond acceptors (Lipinski definition) is 3. The summed E-state index contributed by atoms with van der Waals surface area (Å²) in [5, 5.41) is 0. The lowest BCUT2D eigenvalue weighted by Crippen LogP contribution is -2.27. The molecule has 27 heavy (non-hydrogen) atoms. The van der Waals surface area contributed by atoms with Crippen molar-refractivity contribution in [2.75, 3.05) is 11.4 Å². The third-order valence-corrected chi connectivity index (χ3v) is 5.53. The standard InChI is InChI=1S/C22H23N3O2/c1-4-16-5-7-18(8-6-16)24-12-17(11-21(24)26)22(27)25-13-23-19-9-14(2)15(3)10-20(19)25/h5-10,13,17H,4,11-12H2,1-3H3/t17-/m0/s1. The molecular weight excluding hydrogens is 338 g/mol. The first-order chi connectivity index (χ1) is 13.0. The molecule has 1 aliphatic heterocycles. The maximum absolute atomic E-state index is 13.1. The molecule has 0 aliphatic carbocycles. The Balaban J connectivity index is 1.60. The van der Waals surface area contributed by atoms with Crippen LogP contribution in [0.5, 0.6) is 0 Å². The summed E-state index contributed by atoms with van der Waals surface area (Å²) in [5.41, 5.74) is 5.97. The molecule has 4 rings (SSSR count). The Morgan fingerprint density at radius 1 is 1.15 bits per heavy atom. The molecule has 0 spiro atoms. The van der Waals surface area contributed by atoms with Crippen molar-refractivity contribution in [3.8, 4) is 0 Å². The number of hydrogen-bond donors (Lipinski definition) is 0. The van der Waals surface area contributed by atoms with E-state index in [9.17, 15) is 9.59 Å². The van der Waals surface area contributed by atoms with Crippen LogP contribution in [0, 0.1) is 19.8 Å². The Morgan fingerprint density at radius 3 is 2.56 bits per heavy atom. The minimum absolute atomic E-state index is 0.00551. The van der Waals surface area contributed by atoms with Gasteiger partial charge in [0.25, 0.3) is 0 Å². The van der Waals surface area contributed by atoms with Crippen molar-refractivity contribution >= 4 is 28.5 Å². The van der Waals surface area contributed by atoms with Gasteiger partial charge in [0.2, 0.25) is 11.8 Å². The Hall–Kier alpha value is -2.95. The molecule has 5 nitrogen and oxygen atoms in total. The third-order valence-electron chi connectivity index (χ3n) is 5.53. The molecule has 0 N–H and O–H groups in total. The second-order valence-electron chi connectivity index (χ2n) is 7.30. The van der Waals surface area contributed by atoms with Gasteiger partial charge in [-0.15, -0.1) is 0 Å². The number of carbonyl (C=O) groups is 2. The van der Waals surface area contributed by atoms with Gasteiger partial charge in [-0.05, 0) is 61.2 Å². The summed E-state index contributed by atoms with van der Waals surface area (Å²) in [6.07, 6.45) is 2.77. The van der Waals surface area contributed by atoms with Crippen LogP contribution in [-0.4, -0.2) is 27.9 Å². The highest BCUT2D eigenvalue weighted by Crippen LogP contribution is 2.28. The number of nitrogens with zero attached hydrogens (tertiary/aromatic N) is 3. The highest BCUT2D eigenvalue weighted by Gasteiger charge is 2.36. The smallest absolute Gasteiger partial charge is 0.237 e. The monoisotopic (exact) mass is 361 g/mol. The van der Waals surface area contributed by atoms with Gasteiger partial charge in [-0.2, -0.15) is 0 Å². The minimum atomic E-state index is -0.359. The normalized spacial score (nSPS) is 17.1. The van der Waals surface area contributed by atoms with Crippen LogP contribution < -0.4 is 4.90 Å². The van der Waals surface area contributed by atoms with Crippen molar-refractivity contribution in [3.63, 3.8) is 0 Å². The zero-order valence-electron chi connectivity index (χ0n) is 15.9. The fourth-order valence-electron chi connectivity index (χ4n) is 3.67. The summed E-state index contributed by atoms with van der Waals surface area (Å²) in [4.78, 5) is 31.7. The number of rotatable bonds is 3. The zero-order valence-corrected chi connectivity index (χ0v) is 15.9. The lowest BCUT2D eigenvalue weighted by molar-refractivity contribution is -0.117. The van der Waals surface area contributed by atoms with Crippen molar-refractivity contribution < 1.29 is 9.59 Å². The third kappa shape index (κ3) is 3.03. The molecule has 0 bridgehead atoms. The van der Waals surface area contributed by atoms with E-state index in [2.05, 4.69) is 11.9 Å². The van der Waals surface area contributed by atoms with Gasteiger partial charge in [0.15, 0.2) is 0 Å². The van der Waals surface area contributed by atoms with Crippen molar-refractivity contribution in [1.29, 1.82) is 0 Å². The van der Waals surface area contributed by atoms with Crippen LogP contribution in [0.1, 0.15) is 34.8 Å². The number of fused-ring (bicyclic) bond motifs is 1. The van der Waals surface area contributed by atoms with Gasteiger partial charge >= 0.3 is 0 Å². The van der Waals surface area contributed by atoms with E-state index >= 15 is 0 Å². The Labute approximate surface area is 158 Å². The molecule has 1 aromatic heterocycles. The Bertz CT molecular complexity index is 1030. The molecular formula is C22H23N3O2. The molecule has 2 aromatic carbocycles. The van der Waals surface area contributed by atoms with Crippen LogP contribution in [0.3, 0.4) is 0 Å².